The molecule has 29 heavy (non-hydrogen) atoms. The number of carbonyl (C=O) groups excluding carboxylic acids is 1. The van der Waals surface area contributed by atoms with Crippen LogP contribution in [0.1, 0.15) is 12.8 Å². The van der Waals surface area contributed by atoms with Gasteiger partial charge in [-0.3, -0.25) is 14.5 Å². The Balaban J connectivity index is 0.00000240. The van der Waals surface area contributed by atoms with Crippen LogP contribution in [0.25, 0.3) is 10.2 Å². The third-order valence-electron chi connectivity index (χ3n) is 4.53. The van der Waals surface area contributed by atoms with Crippen LogP contribution in [0.5, 0.6) is 0 Å². The molecule has 0 saturated carbocycles. The molecule has 3 heterocycles. The lowest BCUT2D eigenvalue weighted by Crippen LogP contribution is -2.34. The topological polar surface area (TPSA) is 113 Å². The minimum Gasteiger partial charge on any atom is -0.317 e. The first-order valence-corrected chi connectivity index (χ1v) is 11.2. The molecule has 0 spiro atoms. The van der Waals surface area contributed by atoms with Crippen LogP contribution in [-0.2, 0) is 14.8 Å². The summed E-state index contributed by atoms with van der Waals surface area (Å²) in [6, 6.07) is 8.13. The Hall–Kier alpha value is -2.27. The summed E-state index contributed by atoms with van der Waals surface area (Å²) >= 11 is 1.32. The van der Waals surface area contributed by atoms with Gasteiger partial charge < -0.3 is 10.6 Å². The number of nitrogens with zero attached hydrogens (tertiary/aromatic N) is 2. The number of halogens is 1. The van der Waals surface area contributed by atoms with E-state index in [9.17, 15) is 13.2 Å². The van der Waals surface area contributed by atoms with Gasteiger partial charge in [-0.2, -0.15) is 0 Å². The predicted molar refractivity (Wildman–Crippen MR) is 116 cm³/mol. The van der Waals surface area contributed by atoms with Gasteiger partial charge in [0, 0.05) is 18.3 Å². The summed E-state index contributed by atoms with van der Waals surface area (Å²) in [5.74, 6) is -0.0202. The number of amides is 1. The number of carbonyl (C=O) groups is 1. The van der Waals surface area contributed by atoms with Crippen molar-refractivity contribution in [3.05, 3.63) is 42.7 Å². The fourth-order valence-electron chi connectivity index (χ4n) is 3.05. The summed E-state index contributed by atoms with van der Waals surface area (Å²) < 4.78 is 28.2. The van der Waals surface area contributed by atoms with Crippen molar-refractivity contribution < 1.29 is 13.2 Å². The normalized spacial score (nSPS) is 14.9. The van der Waals surface area contributed by atoms with Crippen LogP contribution in [0.3, 0.4) is 0 Å². The summed E-state index contributed by atoms with van der Waals surface area (Å²) in [5, 5.41) is 6.65. The molecule has 1 aliphatic heterocycles. The van der Waals surface area contributed by atoms with Gasteiger partial charge in [0.15, 0.2) is 5.13 Å². The van der Waals surface area contributed by atoms with Crippen molar-refractivity contribution in [2.24, 2.45) is 5.92 Å². The number of rotatable bonds is 5. The average molecular weight is 454 g/mol. The van der Waals surface area contributed by atoms with Crippen molar-refractivity contribution in [3.8, 4) is 0 Å². The number of nitrogens with one attached hydrogen (secondary N) is 3. The van der Waals surface area contributed by atoms with Crippen LogP contribution in [0.15, 0.2) is 47.6 Å². The number of benzene rings is 1. The Morgan fingerprint density at radius 2 is 2.00 bits per heavy atom. The van der Waals surface area contributed by atoms with Crippen LogP contribution in [0, 0.1) is 5.92 Å². The number of fused-ring (bicyclic) bond motifs is 1. The average Bonchev–Trinajstić information content (AvgIpc) is 3.10. The van der Waals surface area contributed by atoms with Gasteiger partial charge in [-0.25, -0.2) is 13.4 Å². The van der Waals surface area contributed by atoms with Gasteiger partial charge in [-0.15, -0.1) is 12.4 Å². The molecular formula is C18H20ClN5O3S2. The van der Waals surface area contributed by atoms with E-state index in [2.05, 4.69) is 25.3 Å². The van der Waals surface area contributed by atoms with Crippen molar-refractivity contribution >= 4 is 60.7 Å². The number of piperidine rings is 1. The molecule has 0 unspecified atom stereocenters. The molecule has 3 N–H and O–H groups in total. The van der Waals surface area contributed by atoms with Crippen LogP contribution >= 0.6 is 23.7 Å². The van der Waals surface area contributed by atoms with E-state index >= 15 is 0 Å². The lowest BCUT2D eigenvalue weighted by atomic mass is 9.97. The molecule has 11 heteroatoms. The maximum atomic E-state index is 12.4. The molecular weight excluding hydrogens is 434 g/mol. The van der Waals surface area contributed by atoms with E-state index in [1.807, 2.05) is 0 Å². The van der Waals surface area contributed by atoms with Crippen LogP contribution in [0.4, 0.5) is 10.8 Å². The van der Waals surface area contributed by atoms with Gasteiger partial charge >= 0.3 is 0 Å². The Kier molecular flexibility index (Phi) is 6.68. The zero-order valence-corrected chi connectivity index (χ0v) is 17.7. The van der Waals surface area contributed by atoms with Crippen molar-refractivity contribution in [1.29, 1.82) is 0 Å². The zero-order chi connectivity index (χ0) is 19.6. The molecule has 154 valence electrons. The molecule has 1 fully saturated rings. The molecule has 1 amide bonds. The van der Waals surface area contributed by atoms with Crippen molar-refractivity contribution in [2.75, 3.05) is 23.1 Å². The second kappa shape index (κ2) is 9.04. The third-order valence-corrected chi connectivity index (χ3v) is 6.83. The van der Waals surface area contributed by atoms with E-state index in [1.54, 1.807) is 24.3 Å². The molecule has 1 aliphatic rings. The molecule has 3 aromatic rings. The van der Waals surface area contributed by atoms with E-state index in [0.29, 0.717) is 16.3 Å². The van der Waals surface area contributed by atoms with Gasteiger partial charge in [0.2, 0.25) is 5.91 Å². The van der Waals surface area contributed by atoms with E-state index in [0.717, 1.165) is 30.6 Å². The smallest absolute Gasteiger partial charge is 0.263 e. The number of sulfonamides is 1. The second-order valence-electron chi connectivity index (χ2n) is 6.51. The summed E-state index contributed by atoms with van der Waals surface area (Å²) in [6.07, 6.45) is 4.44. The van der Waals surface area contributed by atoms with E-state index in [-0.39, 0.29) is 29.1 Å². The Morgan fingerprint density at radius 1 is 1.21 bits per heavy atom. The highest BCUT2D eigenvalue weighted by molar-refractivity contribution is 7.92. The van der Waals surface area contributed by atoms with E-state index in [4.69, 9.17) is 0 Å². The first-order chi connectivity index (χ1) is 13.5. The fraction of sp³-hybridized carbons (Fsp3) is 0.278. The van der Waals surface area contributed by atoms with E-state index in [1.165, 1.54) is 29.8 Å². The summed E-state index contributed by atoms with van der Waals surface area (Å²) in [5.41, 5.74) is 1.13. The third kappa shape index (κ3) is 5.02. The summed E-state index contributed by atoms with van der Waals surface area (Å²) in [7, 11) is -3.71. The number of hydrogen-bond donors (Lipinski definition) is 3. The number of thiazole rings is 1. The van der Waals surface area contributed by atoms with Crippen molar-refractivity contribution in [2.45, 2.75) is 17.7 Å². The SMILES string of the molecule is Cl.O=C(Nc1nc2ccc(NS(=O)(=O)c3cccnc3)cc2s1)C1CCNCC1. The Bertz CT molecular complexity index is 1100. The molecule has 1 aromatic carbocycles. The highest BCUT2D eigenvalue weighted by Gasteiger charge is 2.22. The first-order valence-electron chi connectivity index (χ1n) is 8.86. The Labute approximate surface area is 178 Å². The van der Waals surface area contributed by atoms with Crippen molar-refractivity contribution in [3.63, 3.8) is 0 Å². The van der Waals surface area contributed by atoms with Gasteiger partial charge in [0.1, 0.15) is 4.90 Å². The molecule has 0 aliphatic carbocycles. The standard InChI is InChI=1S/C18H19N5O3S2.ClH/c24-17(12-5-8-19-9-6-12)22-18-21-15-4-3-13(10-16(15)27-18)23-28(25,26)14-2-1-7-20-11-14;/h1-4,7,10-12,19,23H,5-6,8-9H2,(H,21,22,24);1H. The van der Waals surface area contributed by atoms with E-state index < -0.39 is 10.0 Å². The van der Waals surface area contributed by atoms with Crippen LogP contribution < -0.4 is 15.4 Å². The quantitative estimate of drug-likeness (QED) is 0.547. The number of pyridine rings is 1. The Morgan fingerprint density at radius 3 is 2.72 bits per heavy atom. The lowest BCUT2D eigenvalue weighted by Gasteiger charge is -2.20. The summed E-state index contributed by atoms with van der Waals surface area (Å²) in [6.45, 7) is 1.69. The predicted octanol–water partition coefficient (Wildman–Crippen LogP) is 2.85. The maximum absolute atomic E-state index is 12.4. The van der Waals surface area contributed by atoms with Gasteiger partial charge in [-0.05, 0) is 56.3 Å². The molecule has 0 atom stereocenters. The number of anilines is 2. The van der Waals surface area contributed by atoms with Crippen molar-refractivity contribution in [1.82, 2.24) is 15.3 Å². The highest BCUT2D eigenvalue weighted by atomic mass is 35.5. The minimum absolute atomic E-state index is 0. The minimum atomic E-state index is -3.71. The largest absolute Gasteiger partial charge is 0.317 e. The van der Waals surface area contributed by atoms with Gasteiger partial charge in [-0.1, -0.05) is 11.3 Å². The zero-order valence-electron chi connectivity index (χ0n) is 15.3. The number of aromatic nitrogens is 2. The van der Waals surface area contributed by atoms with Gasteiger partial charge in [0.25, 0.3) is 10.0 Å². The first kappa shape index (κ1) is 21.4. The monoisotopic (exact) mass is 453 g/mol. The van der Waals surface area contributed by atoms with Crippen LogP contribution in [0.2, 0.25) is 0 Å². The molecule has 8 nitrogen and oxygen atoms in total. The molecule has 0 radical (unpaired) electrons. The molecule has 1 saturated heterocycles. The number of hydrogen-bond acceptors (Lipinski definition) is 7. The summed E-state index contributed by atoms with van der Waals surface area (Å²) in [4.78, 5) is 20.7. The molecule has 2 aromatic heterocycles. The molecule has 0 bridgehead atoms. The van der Waals surface area contributed by atoms with Gasteiger partial charge in [0.05, 0.1) is 15.9 Å². The fourth-order valence-corrected chi connectivity index (χ4v) is 4.97. The van der Waals surface area contributed by atoms with Crippen LogP contribution in [-0.4, -0.2) is 37.4 Å². The highest BCUT2D eigenvalue weighted by Crippen LogP contribution is 2.30. The lowest BCUT2D eigenvalue weighted by molar-refractivity contribution is -0.120. The second-order valence-corrected chi connectivity index (χ2v) is 9.22. The molecule has 4 rings (SSSR count). The maximum Gasteiger partial charge on any atom is 0.263 e.